The molecule has 1 aromatic carbocycles. The summed E-state index contributed by atoms with van der Waals surface area (Å²) < 4.78 is 8.53. The quantitative estimate of drug-likeness (QED) is 0.575. The normalized spacial score (nSPS) is 24.5. The van der Waals surface area contributed by atoms with Gasteiger partial charge in [0.2, 0.25) is 7.94 Å². The molecule has 1 fully saturated rings. The van der Waals surface area contributed by atoms with Crippen molar-refractivity contribution >= 4 is 31.1 Å². The molecule has 2 heterocycles. The number of carbonyl (C=O) groups excluding carboxylic acids is 1. The van der Waals surface area contributed by atoms with Crippen molar-refractivity contribution in [1.29, 1.82) is 0 Å². The molecular weight excluding hydrogens is 363 g/mol. The number of carbonyl (C=O) groups is 1. The lowest BCUT2D eigenvalue weighted by Crippen LogP contribution is -2.55. The van der Waals surface area contributed by atoms with Crippen molar-refractivity contribution in [2.75, 3.05) is 63.5 Å². The molecule has 0 radical (unpaired) electrons. The fourth-order valence-corrected chi connectivity index (χ4v) is 5.70. The Morgan fingerprint density at radius 2 is 2.00 bits per heavy atom. The second-order valence-electron chi connectivity index (χ2n) is 6.06. The highest BCUT2D eigenvalue weighted by atomic mass is 35.5. The van der Waals surface area contributed by atoms with Crippen molar-refractivity contribution in [1.82, 2.24) is 14.7 Å². The SMILES string of the molecule is CN1c2ccccc2C(=O)N(CCN2CCOCC2)[P+]1([O-])NCCCl. The number of nitrogens with zero attached hydrogens (tertiary/aromatic N) is 3. The van der Waals surface area contributed by atoms with E-state index in [9.17, 15) is 9.69 Å². The van der Waals surface area contributed by atoms with Crippen LogP contribution >= 0.6 is 19.5 Å². The van der Waals surface area contributed by atoms with E-state index in [2.05, 4.69) is 9.99 Å². The van der Waals surface area contributed by atoms with Crippen molar-refractivity contribution in [3.8, 4) is 0 Å². The number of morpholine rings is 1. The fourth-order valence-electron chi connectivity index (χ4n) is 3.18. The highest BCUT2D eigenvalue weighted by molar-refractivity contribution is 7.67. The topological polar surface area (TPSA) is 71.1 Å². The van der Waals surface area contributed by atoms with Crippen molar-refractivity contribution in [2.45, 2.75) is 0 Å². The number of anilines is 1. The first-order valence-electron chi connectivity index (χ1n) is 8.45. The molecule has 9 heteroatoms. The maximum Gasteiger partial charge on any atom is 0.290 e. The van der Waals surface area contributed by atoms with E-state index in [-0.39, 0.29) is 5.91 Å². The summed E-state index contributed by atoms with van der Waals surface area (Å²) in [7, 11) is -1.50. The van der Waals surface area contributed by atoms with Crippen LogP contribution in [0.2, 0.25) is 0 Å². The lowest BCUT2D eigenvalue weighted by Gasteiger charge is -2.48. The third kappa shape index (κ3) is 3.77. The molecule has 2 aliphatic rings. The molecule has 25 heavy (non-hydrogen) atoms. The maximum atomic E-state index is 13.7. The Morgan fingerprint density at radius 1 is 1.28 bits per heavy atom. The summed E-state index contributed by atoms with van der Waals surface area (Å²) in [6, 6.07) is 7.27. The minimum absolute atomic E-state index is 0.202. The summed E-state index contributed by atoms with van der Waals surface area (Å²) in [5.41, 5.74) is 1.26. The van der Waals surface area contributed by atoms with Crippen LogP contribution < -0.4 is 14.7 Å². The molecule has 3 rings (SSSR count). The summed E-state index contributed by atoms with van der Waals surface area (Å²) in [5, 5.41) is 3.02. The lowest BCUT2D eigenvalue weighted by atomic mass is 10.1. The van der Waals surface area contributed by atoms with E-state index < -0.39 is 7.94 Å². The minimum atomic E-state index is -3.26. The van der Waals surface area contributed by atoms with E-state index in [1.165, 1.54) is 4.67 Å². The highest BCUT2D eigenvalue weighted by Crippen LogP contribution is 2.58. The van der Waals surface area contributed by atoms with Crippen LogP contribution in [0.25, 0.3) is 0 Å². The Hall–Kier alpha value is -0.950. The van der Waals surface area contributed by atoms with Crippen LogP contribution in [0.4, 0.5) is 5.69 Å². The van der Waals surface area contributed by atoms with Crippen LogP contribution in [0.5, 0.6) is 0 Å². The molecule has 0 spiro atoms. The monoisotopic (exact) mass is 386 g/mol. The number of ether oxygens (including phenoxy) is 1. The first-order chi connectivity index (χ1) is 12.1. The zero-order chi connectivity index (χ0) is 17.9. The number of hydrogen-bond acceptors (Lipinski definition) is 6. The number of alkyl halides is 1. The predicted molar refractivity (Wildman–Crippen MR) is 98.8 cm³/mol. The molecule has 2 aliphatic heterocycles. The van der Waals surface area contributed by atoms with Crippen molar-refractivity contribution < 1.29 is 14.4 Å². The van der Waals surface area contributed by atoms with Crippen LogP contribution in [-0.2, 0) is 4.74 Å². The number of amides is 1. The van der Waals surface area contributed by atoms with Gasteiger partial charge in [0.05, 0.1) is 31.0 Å². The van der Waals surface area contributed by atoms with Gasteiger partial charge in [-0.05, 0) is 12.1 Å². The van der Waals surface area contributed by atoms with E-state index in [1.807, 2.05) is 18.2 Å². The highest BCUT2D eigenvalue weighted by Gasteiger charge is 2.49. The van der Waals surface area contributed by atoms with Crippen LogP contribution in [0, 0.1) is 0 Å². The molecule has 138 valence electrons. The van der Waals surface area contributed by atoms with Crippen LogP contribution in [-0.4, -0.2) is 74.3 Å². The molecular formula is C16H24ClN4O3P. The second-order valence-corrected chi connectivity index (χ2v) is 8.93. The van der Waals surface area contributed by atoms with Crippen molar-refractivity contribution in [3.05, 3.63) is 29.8 Å². The van der Waals surface area contributed by atoms with Gasteiger partial charge in [0, 0.05) is 39.1 Å². The Labute approximate surface area is 154 Å². The van der Waals surface area contributed by atoms with Crippen molar-refractivity contribution in [3.63, 3.8) is 0 Å². The Bertz CT molecular complexity index is 617. The molecule has 0 aromatic heterocycles. The van der Waals surface area contributed by atoms with Crippen LogP contribution in [0.15, 0.2) is 24.3 Å². The van der Waals surface area contributed by atoms with Gasteiger partial charge in [0.1, 0.15) is 0 Å². The molecule has 0 bridgehead atoms. The first-order valence-corrected chi connectivity index (χ1v) is 10.6. The number of para-hydroxylation sites is 1. The standard InChI is InChI=1S/C16H24ClN4O3P/c1-19-15-5-3-2-4-14(15)16(22)21(25(19,23)18-7-6-17)9-8-20-10-12-24-13-11-20/h2-5H,6-13H2,1H3,(H,18,23). The molecule has 1 N–H and O–H groups in total. The Kier molecular flexibility index (Phi) is 6.15. The Morgan fingerprint density at radius 3 is 2.72 bits per heavy atom. The van der Waals surface area contributed by atoms with Crippen LogP contribution in [0.1, 0.15) is 10.4 Å². The zero-order valence-electron chi connectivity index (χ0n) is 14.4. The largest absolute Gasteiger partial charge is 0.627 e. The van der Waals surface area contributed by atoms with E-state index in [0.29, 0.717) is 50.0 Å². The smallest absolute Gasteiger partial charge is 0.290 e. The third-order valence-corrected chi connectivity index (χ3v) is 7.48. The summed E-state index contributed by atoms with van der Waals surface area (Å²) in [6.45, 7) is 4.47. The van der Waals surface area contributed by atoms with Gasteiger partial charge in [-0.1, -0.05) is 12.1 Å². The Balaban J connectivity index is 1.84. The number of benzene rings is 1. The number of nitrogens with one attached hydrogen (secondary N) is 1. The first kappa shape index (κ1) is 18.8. The number of rotatable bonds is 6. The van der Waals surface area contributed by atoms with Gasteiger partial charge in [-0.15, -0.1) is 11.6 Å². The van der Waals surface area contributed by atoms with Gasteiger partial charge in [-0.25, -0.2) is 4.67 Å². The van der Waals surface area contributed by atoms with Gasteiger partial charge in [-0.2, -0.15) is 9.76 Å². The minimum Gasteiger partial charge on any atom is -0.627 e. The predicted octanol–water partition coefficient (Wildman–Crippen LogP) is 0.777. The third-order valence-electron chi connectivity index (χ3n) is 4.60. The summed E-state index contributed by atoms with van der Waals surface area (Å²) in [4.78, 5) is 29.0. The molecule has 1 atom stereocenters. The summed E-state index contributed by atoms with van der Waals surface area (Å²) in [6.07, 6.45) is 0. The molecule has 0 aliphatic carbocycles. The van der Waals surface area contributed by atoms with Gasteiger partial charge in [0.15, 0.2) is 0 Å². The molecule has 0 saturated carbocycles. The van der Waals surface area contributed by atoms with E-state index in [4.69, 9.17) is 16.3 Å². The second kappa shape index (κ2) is 8.16. The number of hydrogen-bond donors (Lipinski definition) is 1. The van der Waals surface area contributed by atoms with Crippen LogP contribution in [0.3, 0.4) is 0 Å². The fraction of sp³-hybridized carbons (Fsp3) is 0.562. The molecule has 1 amide bonds. The number of fused-ring (bicyclic) bond motifs is 1. The average Bonchev–Trinajstić information content (AvgIpc) is 2.65. The maximum absolute atomic E-state index is 13.7. The van der Waals surface area contributed by atoms with E-state index in [1.54, 1.807) is 17.8 Å². The molecule has 7 nitrogen and oxygen atoms in total. The van der Waals surface area contributed by atoms with E-state index in [0.717, 1.165) is 13.1 Å². The van der Waals surface area contributed by atoms with Gasteiger partial charge in [0.25, 0.3) is 5.91 Å². The van der Waals surface area contributed by atoms with E-state index >= 15 is 0 Å². The van der Waals surface area contributed by atoms with Gasteiger partial charge >= 0.3 is 0 Å². The molecule has 1 saturated heterocycles. The zero-order valence-corrected chi connectivity index (χ0v) is 16.0. The van der Waals surface area contributed by atoms with Gasteiger partial charge < -0.3 is 9.63 Å². The van der Waals surface area contributed by atoms with Crippen molar-refractivity contribution in [2.24, 2.45) is 0 Å². The average molecular weight is 387 g/mol. The molecule has 1 aromatic rings. The number of halogens is 1. The van der Waals surface area contributed by atoms with Gasteiger partial charge in [-0.3, -0.25) is 9.69 Å². The lowest BCUT2D eigenvalue weighted by molar-refractivity contribution is -0.184. The molecule has 1 unspecified atom stereocenters. The summed E-state index contributed by atoms with van der Waals surface area (Å²) in [5.74, 6) is 0.123. The summed E-state index contributed by atoms with van der Waals surface area (Å²) >= 11 is 5.79.